The Labute approximate surface area is 125 Å². The summed E-state index contributed by atoms with van der Waals surface area (Å²) in [7, 11) is 0. The maximum Gasteiger partial charge on any atom is 0.232 e. The van der Waals surface area contributed by atoms with Crippen LogP contribution in [0.1, 0.15) is 52.4 Å². The number of nitrogens with one attached hydrogen (secondary N) is 1. The van der Waals surface area contributed by atoms with Gasteiger partial charge < -0.3 is 10.4 Å². The van der Waals surface area contributed by atoms with Crippen LogP contribution in [0.5, 0.6) is 0 Å². The Bertz CT molecular complexity index is 384. The van der Waals surface area contributed by atoms with Crippen molar-refractivity contribution in [3.05, 3.63) is 0 Å². The zero-order chi connectivity index (χ0) is 15.8. The molecule has 1 heterocycles. The fourth-order valence-electron chi connectivity index (χ4n) is 2.28. The lowest BCUT2D eigenvalue weighted by atomic mass is 10.1. The molecule has 0 bridgehead atoms. The number of hydrogen-bond donors (Lipinski definition) is 2. The monoisotopic (exact) mass is 298 g/mol. The average Bonchev–Trinajstić information content (AvgIpc) is 2.70. The predicted molar refractivity (Wildman–Crippen MR) is 78.3 cm³/mol. The lowest BCUT2D eigenvalue weighted by Gasteiger charge is -2.14. The summed E-state index contributed by atoms with van der Waals surface area (Å²) in [5.41, 5.74) is 0. The summed E-state index contributed by atoms with van der Waals surface area (Å²) in [4.78, 5) is 36.1. The van der Waals surface area contributed by atoms with Crippen LogP contribution in [0.25, 0.3) is 0 Å². The van der Waals surface area contributed by atoms with Gasteiger partial charge >= 0.3 is 0 Å². The molecule has 0 aliphatic carbocycles. The van der Waals surface area contributed by atoms with Crippen LogP contribution in [0, 0.1) is 5.92 Å². The van der Waals surface area contributed by atoms with E-state index >= 15 is 0 Å². The molecule has 3 amide bonds. The van der Waals surface area contributed by atoms with Gasteiger partial charge in [0.15, 0.2) is 0 Å². The number of unbranched alkanes of at least 4 members (excludes halogenated alkanes) is 2. The van der Waals surface area contributed by atoms with Gasteiger partial charge in [-0.15, -0.1) is 0 Å². The summed E-state index contributed by atoms with van der Waals surface area (Å²) >= 11 is 0. The normalized spacial score (nSPS) is 20.0. The van der Waals surface area contributed by atoms with Gasteiger partial charge in [0, 0.05) is 31.8 Å². The van der Waals surface area contributed by atoms with Gasteiger partial charge in [-0.25, -0.2) is 0 Å². The highest BCUT2D eigenvalue weighted by Crippen LogP contribution is 2.19. The molecular weight excluding hydrogens is 272 g/mol. The molecule has 1 fully saturated rings. The van der Waals surface area contributed by atoms with E-state index in [9.17, 15) is 19.5 Å². The van der Waals surface area contributed by atoms with Gasteiger partial charge in [0.2, 0.25) is 17.7 Å². The first-order valence-corrected chi connectivity index (χ1v) is 7.74. The molecule has 0 spiro atoms. The molecule has 2 atom stereocenters. The van der Waals surface area contributed by atoms with E-state index < -0.39 is 6.10 Å². The van der Waals surface area contributed by atoms with Crippen molar-refractivity contribution in [1.82, 2.24) is 10.2 Å². The minimum atomic E-state index is -0.483. The third-order valence-electron chi connectivity index (χ3n) is 3.76. The third-order valence-corrected chi connectivity index (χ3v) is 3.76. The molecule has 2 N–H and O–H groups in total. The fourth-order valence-corrected chi connectivity index (χ4v) is 2.28. The summed E-state index contributed by atoms with van der Waals surface area (Å²) in [6, 6.07) is 0. The van der Waals surface area contributed by atoms with Crippen molar-refractivity contribution in [2.75, 3.05) is 13.1 Å². The number of likely N-dealkylation sites (tertiary alicyclic amines) is 1. The zero-order valence-electron chi connectivity index (χ0n) is 12.9. The van der Waals surface area contributed by atoms with Gasteiger partial charge in [0.25, 0.3) is 0 Å². The molecule has 1 rings (SSSR count). The Morgan fingerprint density at radius 3 is 2.67 bits per heavy atom. The van der Waals surface area contributed by atoms with Crippen molar-refractivity contribution in [1.29, 1.82) is 0 Å². The van der Waals surface area contributed by atoms with E-state index in [2.05, 4.69) is 5.32 Å². The maximum absolute atomic E-state index is 11.7. The molecular formula is C15H26N2O4. The number of amides is 3. The van der Waals surface area contributed by atoms with Crippen molar-refractivity contribution in [2.45, 2.75) is 58.5 Å². The predicted octanol–water partition coefficient (Wildman–Crippen LogP) is 0.829. The quantitative estimate of drug-likeness (QED) is 0.487. The van der Waals surface area contributed by atoms with E-state index in [-0.39, 0.29) is 23.6 Å². The first kappa shape index (κ1) is 17.6. The smallest absolute Gasteiger partial charge is 0.232 e. The first-order chi connectivity index (χ1) is 9.95. The molecule has 1 saturated heterocycles. The summed E-state index contributed by atoms with van der Waals surface area (Å²) < 4.78 is 0. The topological polar surface area (TPSA) is 86.7 Å². The molecule has 21 heavy (non-hydrogen) atoms. The highest BCUT2D eigenvalue weighted by molar-refractivity contribution is 6.03. The SMILES string of the molecule is CCC(O)CNC(=O)CCCCCN1C(=O)C[C@H](C)C1=O. The van der Waals surface area contributed by atoms with Crippen LogP contribution in [0.4, 0.5) is 0 Å². The van der Waals surface area contributed by atoms with Crippen LogP contribution in [0.2, 0.25) is 0 Å². The second kappa shape index (κ2) is 8.77. The Hall–Kier alpha value is -1.43. The summed E-state index contributed by atoms with van der Waals surface area (Å²) in [6.45, 7) is 4.39. The molecule has 6 nitrogen and oxygen atoms in total. The Balaban J connectivity index is 2.08. The average molecular weight is 298 g/mol. The second-order valence-corrected chi connectivity index (χ2v) is 5.67. The highest BCUT2D eigenvalue weighted by atomic mass is 16.3. The molecule has 1 aliphatic rings. The molecule has 1 aliphatic heterocycles. The van der Waals surface area contributed by atoms with Crippen molar-refractivity contribution in [3.8, 4) is 0 Å². The molecule has 0 saturated carbocycles. The third kappa shape index (κ3) is 5.83. The van der Waals surface area contributed by atoms with Crippen molar-refractivity contribution >= 4 is 17.7 Å². The molecule has 6 heteroatoms. The number of carbonyl (C=O) groups is 3. The molecule has 0 aromatic rings. The number of nitrogens with zero attached hydrogens (tertiary/aromatic N) is 1. The number of hydrogen-bond acceptors (Lipinski definition) is 4. The van der Waals surface area contributed by atoms with Crippen molar-refractivity contribution in [2.24, 2.45) is 5.92 Å². The number of imide groups is 1. The number of aliphatic hydroxyl groups excluding tert-OH is 1. The highest BCUT2D eigenvalue weighted by Gasteiger charge is 2.34. The lowest BCUT2D eigenvalue weighted by molar-refractivity contribution is -0.139. The van der Waals surface area contributed by atoms with E-state index in [1.807, 2.05) is 6.92 Å². The van der Waals surface area contributed by atoms with Crippen LogP contribution in [-0.2, 0) is 14.4 Å². The van der Waals surface area contributed by atoms with Crippen LogP contribution in [-0.4, -0.2) is 46.9 Å². The molecule has 0 aromatic carbocycles. The summed E-state index contributed by atoms with van der Waals surface area (Å²) in [6.07, 6.45) is 3.12. The van der Waals surface area contributed by atoms with Gasteiger partial charge in [-0.05, 0) is 19.3 Å². The Morgan fingerprint density at radius 1 is 1.38 bits per heavy atom. The number of carbonyl (C=O) groups excluding carboxylic acids is 3. The van der Waals surface area contributed by atoms with E-state index in [4.69, 9.17) is 0 Å². The summed E-state index contributed by atoms with van der Waals surface area (Å²) in [5, 5.41) is 12.0. The second-order valence-electron chi connectivity index (χ2n) is 5.67. The van der Waals surface area contributed by atoms with Crippen LogP contribution in [0.3, 0.4) is 0 Å². The van der Waals surface area contributed by atoms with Crippen molar-refractivity contribution < 1.29 is 19.5 Å². The molecule has 1 unspecified atom stereocenters. The van der Waals surface area contributed by atoms with E-state index in [0.29, 0.717) is 32.4 Å². The zero-order valence-corrected chi connectivity index (χ0v) is 12.9. The van der Waals surface area contributed by atoms with Gasteiger partial charge in [-0.1, -0.05) is 20.3 Å². The van der Waals surface area contributed by atoms with Crippen LogP contribution in [0.15, 0.2) is 0 Å². The standard InChI is InChI=1S/C15H26N2O4/c1-3-12(18)10-16-13(19)7-5-4-6-8-17-14(20)9-11(2)15(17)21/h11-12,18H,3-10H2,1-2H3,(H,16,19)/t11-,12?/m0/s1. The fraction of sp³-hybridized carbons (Fsp3) is 0.800. The Kier molecular flexibility index (Phi) is 7.36. The first-order valence-electron chi connectivity index (χ1n) is 7.74. The van der Waals surface area contributed by atoms with E-state index in [0.717, 1.165) is 19.3 Å². The van der Waals surface area contributed by atoms with Gasteiger partial charge in [0.05, 0.1) is 6.10 Å². The van der Waals surface area contributed by atoms with Crippen molar-refractivity contribution in [3.63, 3.8) is 0 Å². The van der Waals surface area contributed by atoms with Gasteiger partial charge in [-0.3, -0.25) is 19.3 Å². The van der Waals surface area contributed by atoms with Crippen LogP contribution >= 0.6 is 0 Å². The van der Waals surface area contributed by atoms with Crippen LogP contribution < -0.4 is 5.32 Å². The van der Waals surface area contributed by atoms with E-state index in [1.54, 1.807) is 6.92 Å². The lowest BCUT2D eigenvalue weighted by Crippen LogP contribution is -2.32. The number of aliphatic hydroxyl groups is 1. The van der Waals surface area contributed by atoms with Gasteiger partial charge in [-0.2, -0.15) is 0 Å². The minimum absolute atomic E-state index is 0.0653. The Morgan fingerprint density at radius 2 is 2.10 bits per heavy atom. The molecule has 120 valence electrons. The maximum atomic E-state index is 11.7. The molecule has 0 radical (unpaired) electrons. The largest absolute Gasteiger partial charge is 0.391 e. The molecule has 0 aromatic heterocycles. The minimum Gasteiger partial charge on any atom is -0.391 e. The summed E-state index contributed by atoms with van der Waals surface area (Å²) in [5.74, 6) is -0.414. The number of rotatable bonds is 9. The van der Waals surface area contributed by atoms with Gasteiger partial charge in [0.1, 0.15) is 0 Å². The van der Waals surface area contributed by atoms with E-state index in [1.165, 1.54) is 4.90 Å².